The lowest BCUT2D eigenvalue weighted by molar-refractivity contribution is -0.143. The van der Waals surface area contributed by atoms with Crippen LogP contribution in [0.4, 0.5) is 0 Å². The molecule has 0 aliphatic heterocycles. The van der Waals surface area contributed by atoms with E-state index >= 15 is 0 Å². The molecule has 3 amide bonds. The summed E-state index contributed by atoms with van der Waals surface area (Å²) in [5.74, 6) is -3.80. The molecule has 33 heavy (non-hydrogen) atoms. The van der Waals surface area contributed by atoms with Gasteiger partial charge < -0.3 is 42.1 Å². The number of aromatic hydroxyl groups is 1. The highest BCUT2D eigenvalue weighted by atomic mass is 16.4. The second kappa shape index (κ2) is 13.4. The van der Waals surface area contributed by atoms with Gasteiger partial charge in [-0.2, -0.15) is 0 Å². The molecule has 184 valence electrons. The van der Waals surface area contributed by atoms with E-state index in [1.54, 1.807) is 0 Å². The van der Waals surface area contributed by atoms with Crippen LogP contribution in [-0.4, -0.2) is 81.5 Å². The van der Waals surface area contributed by atoms with Crippen LogP contribution in [0.5, 0.6) is 5.75 Å². The molecule has 0 heterocycles. The summed E-state index contributed by atoms with van der Waals surface area (Å²) >= 11 is 0. The number of carbonyl (C=O) groups excluding carboxylic acids is 3. The van der Waals surface area contributed by atoms with E-state index in [-0.39, 0.29) is 24.5 Å². The number of phenols is 1. The van der Waals surface area contributed by atoms with Crippen LogP contribution in [0.2, 0.25) is 0 Å². The number of nitrogens with two attached hydrogens (primary N) is 1. The fraction of sp³-hybridized carbons (Fsp3) is 0.524. The van der Waals surface area contributed by atoms with Gasteiger partial charge in [-0.3, -0.25) is 14.4 Å². The summed E-state index contributed by atoms with van der Waals surface area (Å²) in [5.41, 5.74) is 6.05. The van der Waals surface area contributed by atoms with Gasteiger partial charge >= 0.3 is 5.97 Å². The Bertz CT molecular complexity index is 815. The molecule has 1 aromatic rings. The molecule has 12 nitrogen and oxygen atoms in total. The van der Waals surface area contributed by atoms with Gasteiger partial charge in [-0.25, -0.2) is 4.79 Å². The van der Waals surface area contributed by atoms with Crippen LogP contribution < -0.4 is 21.7 Å². The third kappa shape index (κ3) is 9.43. The van der Waals surface area contributed by atoms with Crippen molar-refractivity contribution >= 4 is 23.7 Å². The number of nitrogens with one attached hydrogen (secondary N) is 3. The van der Waals surface area contributed by atoms with Crippen molar-refractivity contribution < 1.29 is 39.6 Å². The lowest BCUT2D eigenvalue weighted by Crippen LogP contribution is -2.58. The number of hydrogen-bond donors (Lipinski definition) is 8. The maximum Gasteiger partial charge on any atom is 0.328 e. The van der Waals surface area contributed by atoms with Gasteiger partial charge in [0.15, 0.2) is 0 Å². The molecule has 12 heteroatoms. The molecule has 9 N–H and O–H groups in total. The van der Waals surface area contributed by atoms with Gasteiger partial charge in [-0.15, -0.1) is 0 Å². The number of phenolic OH excluding ortho intramolecular Hbond substituents is 1. The summed E-state index contributed by atoms with van der Waals surface area (Å²) in [7, 11) is 0. The SMILES string of the molecule is CC(C)CC(NC(=O)C(N)CO)C(=O)NC(Cc1ccc(O)cc1)C(=O)NC(CO)C(=O)O. The Kier molecular flexibility index (Phi) is 11.3. The van der Waals surface area contributed by atoms with E-state index in [0.29, 0.717) is 5.56 Å². The normalized spacial score (nSPS) is 14.6. The largest absolute Gasteiger partial charge is 0.508 e. The van der Waals surface area contributed by atoms with E-state index in [9.17, 15) is 29.4 Å². The highest BCUT2D eigenvalue weighted by Gasteiger charge is 2.30. The van der Waals surface area contributed by atoms with Crippen LogP contribution in [0.3, 0.4) is 0 Å². The maximum absolute atomic E-state index is 13.0. The molecule has 0 aliphatic rings. The van der Waals surface area contributed by atoms with Crippen LogP contribution in [-0.2, 0) is 25.6 Å². The number of rotatable bonds is 13. The van der Waals surface area contributed by atoms with E-state index in [1.165, 1.54) is 24.3 Å². The summed E-state index contributed by atoms with van der Waals surface area (Å²) < 4.78 is 0. The zero-order valence-corrected chi connectivity index (χ0v) is 18.5. The Balaban J connectivity index is 3.11. The number of hydrogen-bond acceptors (Lipinski definition) is 8. The van der Waals surface area contributed by atoms with Gasteiger partial charge in [0.1, 0.15) is 29.9 Å². The first-order valence-corrected chi connectivity index (χ1v) is 10.4. The Morgan fingerprint density at radius 1 is 0.848 bits per heavy atom. The monoisotopic (exact) mass is 468 g/mol. The van der Waals surface area contributed by atoms with Gasteiger partial charge in [-0.1, -0.05) is 26.0 Å². The van der Waals surface area contributed by atoms with Crippen LogP contribution >= 0.6 is 0 Å². The molecule has 0 spiro atoms. The first-order valence-electron chi connectivity index (χ1n) is 10.4. The minimum atomic E-state index is -1.58. The van der Waals surface area contributed by atoms with Crippen LogP contribution in [0.15, 0.2) is 24.3 Å². The molecule has 4 unspecified atom stereocenters. The Hall–Kier alpha value is -3.22. The van der Waals surface area contributed by atoms with Crippen molar-refractivity contribution in [3.63, 3.8) is 0 Å². The number of aliphatic carboxylic acids is 1. The van der Waals surface area contributed by atoms with Crippen molar-refractivity contribution in [3.05, 3.63) is 29.8 Å². The Morgan fingerprint density at radius 2 is 1.36 bits per heavy atom. The molecular formula is C21H32N4O8. The van der Waals surface area contributed by atoms with Crippen LogP contribution in [0.1, 0.15) is 25.8 Å². The predicted octanol–water partition coefficient (Wildman–Crippen LogP) is -2.17. The van der Waals surface area contributed by atoms with Gasteiger partial charge in [0.05, 0.1) is 13.2 Å². The van der Waals surface area contributed by atoms with Crippen molar-refractivity contribution in [1.29, 1.82) is 0 Å². The highest BCUT2D eigenvalue weighted by Crippen LogP contribution is 2.12. The summed E-state index contributed by atoms with van der Waals surface area (Å²) in [4.78, 5) is 49.0. The number of carbonyl (C=O) groups is 4. The maximum atomic E-state index is 13.0. The first kappa shape index (κ1) is 27.8. The Labute approximate surface area is 191 Å². The van der Waals surface area contributed by atoms with E-state index < -0.39 is 61.1 Å². The average Bonchev–Trinajstić information content (AvgIpc) is 2.76. The summed E-state index contributed by atoms with van der Waals surface area (Å²) in [6, 6.07) is 0.684. The molecule has 0 saturated carbocycles. The summed E-state index contributed by atoms with van der Waals surface area (Å²) in [6.07, 6.45) is 0.145. The fourth-order valence-corrected chi connectivity index (χ4v) is 2.87. The third-order valence-corrected chi connectivity index (χ3v) is 4.68. The minimum Gasteiger partial charge on any atom is -0.508 e. The quantitative estimate of drug-likeness (QED) is 0.158. The molecule has 1 rings (SSSR count). The molecule has 0 aromatic heterocycles. The second-order valence-corrected chi connectivity index (χ2v) is 7.99. The zero-order chi connectivity index (χ0) is 25.1. The number of carboxylic acids is 1. The second-order valence-electron chi connectivity index (χ2n) is 7.99. The van der Waals surface area contributed by atoms with Crippen molar-refractivity contribution in [3.8, 4) is 5.75 Å². The molecule has 4 atom stereocenters. The van der Waals surface area contributed by atoms with Crippen molar-refractivity contribution in [2.24, 2.45) is 11.7 Å². The minimum absolute atomic E-state index is 0.00468. The number of carboxylic acid groups (broad SMARTS) is 1. The van der Waals surface area contributed by atoms with Crippen molar-refractivity contribution in [2.45, 2.75) is 50.9 Å². The standard InChI is InChI=1S/C21H32N4O8/c1-11(2)7-15(23-18(29)14(22)9-26)19(30)24-16(8-12-3-5-13(28)6-4-12)20(31)25-17(10-27)21(32)33/h3-6,11,14-17,26-28H,7-10,22H2,1-2H3,(H,23,29)(H,24,30)(H,25,31)(H,32,33). The summed E-state index contributed by atoms with van der Waals surface area (Å²) in [6.45, 7) is 2.16. The smallest absolute Gasteiger partial charge is 0.328 e. The van der Waals surface area contributed by atoms with Crippen molar-refractivity contribution in [1.82, 2.24) is 16.0 Å². The Morgan fingerprint density at radius 3 is 1.85 bits per heavy atom. The molecule has 0 aliphatic carbocycles. The van der Waals surface area contributed by atoms with E-state index in [0.717, 1.165) is 0 Å². The van der Waals surface area contributed by atoms with E-state index in [4.69, 9.17) is 15.9 Å². The van der Waals surface area contributed by atoms with E-state index in [2.05, 4.69) is 16.0 Å². The molecule has 0 saturated heterocycles. The highest BCUT2D eigenvalue weighted by molar-refractivity contribution is 5.94. The fourth-order valence-electron chi connectivity index (χ4n) is 2.87. The molecule has 0 bridgehead atoms. The van der Waals surface area contributed by atoms with Gasteiger partial charge in [0, 0.05) is 6.42 Å². The van der Waals surface area contributed by atoms with Gasteiger partial charge in [0.25, 0.3) is 0 Å². The number of aliphatic hydroxyl groups is 2. The summed E-state index contributed by atoms with van der Waals surface area (Å²) in [5, 5.41) is 43.9. The first-order chi connectivity index (χ1) is 15.5. The number of aliphatic hydroxyl groups excluding tert-OH is 2. The van der Waals surface area contributed by atoms with Crippen LogP contribution in [0, 0.1) is 5.92 Å². The van der Waals surface area contributed by atoms with Gasteiger partial charge in [-0.05, 0) is 30.0 Å². The number of amides is 3. The lowest BCUT2D eigenvalue weighted by atomic mass is 10.0. The number of benzene rings is 1. The lowest BCUT2D eigenvalue weighted by Gasteiger charge is -2.25. The zero-order valence-electron chi connectivity index (χ0n) is 18.5. The van der Waals surface area contributed by atoms with Gasteiger partial charge in [0.2, 0.25) is 17.7 Å². The van der Waals surface area contributed by atoms with E-state index in [1.807, 2.05) is 13.8 Å². The molecule has 0 radical (unpaired) electrons. The third-order valence-electron chi connectivity index (χ3n) is 4.68. The topological polar surface area (TPSA) is 211 Å². The molecule has 0 fully saturated rings. The average molecular weight is 469 g/mol. The van der Waals surface area contributed by atoms with Crippen molar-refractivity contribution in [2.75, 3.05) is 13.2 Å². The molecule has 1 aromatic carbocycles. The molecular weight excluding hydrogens is 436 g/mol. The van der Waals surface area contributed by atoms with Crippen LogP contribution in [0.25, 0.3) is 0 Å². The predicted molar refractivity (Wildman–Crippen MR) is 117 cm³/mol.